The van der Waals surface area contributed by atoms with Gasteiger partial charge in [0.15, 0.2) is 0 Å². The minimum absolute atomic E-state index is 0.924. The van der Waals surface area contributed by atoms with Gasteiger partial charge in [0.1, 0.15) is 0 Å². The Morgan fingerprint density at radius 2 is 1.43 bits per heavy atom. The van der Waals surface area contributed by atoms with Crippen molar-refractivity contribution < 1.29 is 4.74 Å². The Hall–Kier alpha value is -0.0400. The number of rotatable bonds is 11. The summed E-state index contributed by atoms with van der Waals surface area (Å²) in [5.74, 6) is 0. The van der Waals surface area contributed by atoms with Crippen LogP contribution >= 0.6 is 0 Å². The molecular formula is C13H27O. The molecule has 0 bridgehead atoms. The Kier molecular flexibility index (Phi) is 12.9. The van der Waals surface area contributed by atoms with Gasteiger partial charge in [-0.3, -0.25) is 0 Å². The van der Waals surface area contributed by atoms with E-state index in [1.54, 1.807) is 0 Å². The molecule has 0 amide bonds. The van der Waals surface area contributed by atoms with Crippen LogP contribution < -0.4 is 0 Å². The van der Waals surface area contributed by atoms with Gasteiger partial charge in [-0.25, -0.2) is 0 Å². The normalized spacial score (nSPS) is 10.7. The molecule has 1 radical (unpaired) electrons. The van der Waals surface area contributed by atoms with Gasteiger partial charge >= 0.3 is 0 Å². The molecule has 85 valence electrons. The third-order valence-corrected chi connectivity index (χ3v) is 2.39. The van der Waals surface area contributed by atoms with Crippen molar-refractivity contribution in [1.29, 1.82) is 0 Å². The van der Waals surface area contributed by atoms with Crippen molar-refractivity contribution >= 4 is 0 Å². The Labute approximate surface area is 90.2 Å². The quantitative estimate of drug-likeness (QED) is 0.438. The highest BCUT2D eigenvalue weighted by Crippen LogP contribution is 2.07. The van der Waals surface area contributed by atoms with Crippen molar-refractivity contribution in [2.75, 3.05) is 6.61 Å². The summed E-state index contributed by atoms with van der Waals surface area (Å²) in [6.45, 7) is 7.32. The first kappa shape index (κ1) is 14.0. The summed E-state index contributed by atoms with van der Waals surface area (Å²) in [7, 11) is 0. The predicted octanol–water partition coefficient (Wildman–Crippen LogP) is 4.72. The molecule has 0 unspecified atom stereocenters. The second-order valence-corrected chi connectivity index (χ2v) is 3.95. The maximum absolute atomic E-state index is 5.38. The third-order valence-electron chi connectivity index (χ3n) is 2.39. The molecule has 0 saturated heterocycles. The summed E-state index contributed by atoms with van der Waals surface area (Å²) in [4.78, 5) is 0. The number of unbranched alkanes of at least 4 members (excludes halogenated alkanes) is 7. The van der Waals surface area contributed by atoms with Gasteiger partial charge < -0.3 is 4.74 Å². The number of hydrogen-bond donors (Lipinski definition) is 0. The van der Waals surface area contributed by atoms with Gasteiger partial charge in [-0.1, -0.05) is 58.8 Å². The molecule has 0 aromatic carbocycles. The molecule has 0 N–H and O–H groups in total. The second-order valence-electron chi connectivity index (χ2n) is 3.95. The Morgan fingerprint density at radius 1 is 0.786 bits per heavy atom. The first-order valence-electron chi connectivity index (χ1n) is 6.35. The van der Waals surface area contributed by atoms with E-state index in [2.05, 4.69) is 13.8 Å². The highest BCUT2D eigenvalue weighted by Gasteiger charge is 1.91. The third kappa shape index (κ3) is 12.0. The van der Waals surface area contributed by atoms with Gasteiger partial charge in [-0.15, -0.1) is 0 Å². The Balaban J connectivity index is 2.78. The molecule has 0 aliphatic rings. The van der Waals surface area contributed by atoms with Gasteiger partial charge in [-0.2, -0.15) is 0 Å². The average molecular weight is 199 g/mol. The summed E-state index contributed by atoms with van der Waals surface area (Å²) in [6.07, 6.45) is 11.8. The molecule has 0 aromatic rings. The highest BCUT2D eigenvalue weighted by molar-refractivity contribution is 4.49. The zero-order valence-electron chi connectivity index (χ0n) is 10.1. The summed E-state index contributed by atoms with van der Waals surface area (Å²) in [5.41, 5.74) is 0. The SMILES string of the molecule is CCC[CH]OCCCCCCCCC. The van der Waals surface area contributed by atoms with Crippen molar-refractivity contribution in [1.82, 2.24) is 0 Å². The van der Waals surface area contributed by atoms with E-state index in [0.717, 1.165) is 13.0 Å². The van der Waals surface area contributed by atoms with E-state index in [4.69, 9.17) is 4.74 Å². The lowest BCUT2D eigenvalue weighted by molar-refractivity contribution is 0.185. The fourth-order valence-corrected chi connectivity index (χ4v) is 1.43. The molecule has 0 aliphatic carbocycles. The molecule has 0 spiro atoms. The van der Waals surface area contributed by atoms with Crippen molar-refractivity contribution in [3.63, 3.8) is 0 Å². The van der Waals surface area contributed by atoms with E-state index in [-0.39, 0.29) is 0 Å². The van der Waals surface area contributed by atoms with Crippen molar-refractivity contribution in [3.05, 3.63) is 6.61 Å². The van der Waals surface area contributed by atoms with E-state index in [1.807, 2.05) is 6.61 Å². The van der Waals surface area contributed by atoms with Crippen LogP contribution in [0.4, 0.5) is 0 Å². The van der Waals surface area contributed by atoms with E-state index in [0.29, 0.717) is 0 Å². The lowest BCUT2D eigenvalue weighted by Gasteiger charge is -2.02. The molecule has 0 aromatic heterocycles. The molecule has 0 aliphatic heterocycles. The van der Waals surface area contributed by atoms with Gasteiger partial charge in [0.05, 0.1) is 6.61 Å². The van der Waals surface area contributed by atoms with E-state index in [1.165, 1.54) is 51.4 Å². The maximum Gasteiger partial charge on any atom is 0.0836 e. The van der Waals surface area contributed by atoms with Gasteiger partial charge in [0, 0.05) is 6.61 Å². The van der Waals surface area contributed by atoms with Crippen molar-refractivity contribution in [3.8, 4) is 0 Å². The minimum Gasteiger partial charge on any atom is -0.376 e. The topological polar surface area (TPSA) is 9.23 Å². The largest absolute Gasteiger partial charge is 0.376 e. The fraction of sp³-hybridized carbons (Fsp3) is 0.923. The summed E-state index contributed by atoms with van der Waals surface area (Å²) in [5, 5.41) is 0. The van der Waals surface area contributed by atoms with Crippen LogP contribution in [0.15, 0.2) is 0 Å². The van der Waals surface area contributed by atoms with Crippen molar-refractivity contribution in [2.45, 2.75) is 71.6 Å². The molecule has 0 heterocycles. The van der Waals surface area contributed by atoms with Gasteiger partial charge in [-0.05, 0) is 12.8 Å². The molecule has 0 rings (SSSR count). The molecular weight excluding hydrogens is 172 g/mol. The van der Waals surface area contributed by atoms with E-state index >= 15 is 0 Å². The number of hydrogen-bond acceptors (Lipinski definition) is 1. The molecule has 0 fully saturated rings. The maximum atomic E-state index is 5.38. The molecule has 0 saturated carbocycles. The molecule has 1 nitrogen and oxygen atoms in total. The standard InChI is InChI=1S/C13H27O/c1-3-5-7-8-9-10-11-13-14-12-6-4-2/h12H,3-11,13H2,1-2H3. The fourth-order valence-electron chi connectivity index (χ4n) is 1.43. The number of ether oxygens (including phenoxy) is 1. The molecule has 0 atom stereocenters. The van der Waals surface area contributed by atoms with E-state index < -0.39 is 0 Å². The van der Waals surface area contributed by atoms with Crippen LogP contribution in [0.3, 0.4) is 0 Å². The zero-order valence-corrected chi connectivity index (χ0v) is 10.1. The van der Waals surface area contributed by atoms with E-state index in [9.17, 15) is 0 Å². The highest BCUT2D eigenvalue weighted by atomic mass is 16.5. The summed E-state index contributed by atoms with van der Waals surface area (Å²) >= 11 is 0. The van der Waals surface area contributed by atoms with Crippen LogP contribution in [-0.2, 0) is 4.74 Å². The predicted molar refractivity (Wildman–Crippen MR) is 63.2 cm³/mol. The minimum atomic E-state index is 0.924. The summed E-state index contributed by atoms with van der Waals surface area (Å²) in [6, 6.07) is 0. The van der Waals surface area contributed by atoms with Crippen LogP contribution in [-0.4, -0.2) is 6.61 Å². The first-order valence-corrected chi connectivity index (χ1v) is 6.35. The Bertz CT molecular complexity index is 79.2. The van der Waals surface area contributed by atoms with Crippen LogP contribution in [0.5, 0.6) is 0 Å². The Morgan fingerprint density at radius 3 is 2.07 bits per heavy atom. The lowest BCUT2D eigenvalue weighted by Crippen LogP contribution is -1.91. The van der Waals surface area contributed by atoms with Gasteiger partial charge in [0.25, 0.3) is 0 Å². The smallest absolute Gasteiger partial charge is 0.0836 e. The van der Waals surface area contributed by atoms with Crippen LogP contribution in [0.2, 0.25) is 0 Å². The van der Waals surface area contributed by atoms with Crippen LogP contribution in [0, 0.1) is 6.61 Å². The van der Waals surface area contributed by atoms with Crippen LogP contribution in [0.25, 0.3) is 0 Å². The van der Waals surface area contributed by atoms with Gasteiger partial charge in [0.2, 0.25) is 0 Å². The first-order chi connectivity index (χ1) is 6.91. The zero-order chi connectivity index (χ0) is 10.5. The second kappa shape index (κ2) is 13.0. The molecule has 14 heavy (non-hydrogen) atoms. The molecule has 1 heteroatoms. The lowest BCUT2D eigenvalue weighted by atomic mass is 10.1. The monoisotopic (exact) mass is 199 g/mol. The average Bonchev–Trinajstić information content (AvgIpc) is 2.21. The van der Waals surface area contributed by atoms with Crippen LogP contribution in [0.1, 0.15) is 71.6 Å². The summed E-state index contributed by atoms with van der Waals surface area (Å²) < 4.78 is 5.38. The van der Waals surface area contributed by atoms with Crippen molar-refractivity contribution in [2.24, 2.45) is 0 Å².